The Morgan fingerprint density at radius 3 is 0.944 bits per heavy atom. The highest BCUT2D eigenvalue weighted by Gasteiger charge is 2.44. The lowest BCUT2D eigenvalue weighted by molar-refractivity contribution is 0.381. The molecule has 0 aliphatic heterocycles. The molecule has 0 aromatic heterocycles. The lowest BCUT2D eigenvalue weighted by atomic mass is 9.56. The van der Waals surface area contributed by atoms with Gasteiger partial charge in [-0.2, -0.15) is 0 Å². The van der Waals surface area contributed by atoms with E-state index in [1.807, 2.05) is 0 Å². The summed E-state index contributed by atoms with van der Waals surface area (Å²) in [7, 11) is 0. The van der Waals surface area contributed by atoms with Crippen LogP contribution in [0.5, 0.6) is 0 Å². The second-order valence-corrected chi connectivity index (χ2v) is 6.00. The largest absolute Gasteiger partial charge is 0.0585 e. The molecular weight excluding hydrogens is 216 g/mol. The zero-order chi connectivity index (χ0) is 13.4. The summed E-state index contributed by atoms with van der Waals surface area (Å²) in [6.07, 6.45) is 9.35. The molecular formula is C18H24. The molecule has 0 unspecified atom stereocenters. The summed E-state index contributed by atoms with van der Waals surface area (Å²) in [6, 6.07) is 0. The van der Waals surface area contributed by atoms with Gasteiger partial charge in [-0.15, -0.1) is 0 Å². The molecule has 2 rings (SSSR count). The average Bonchev–Trinajstić information content (AvgIpc) is 2.20. The topological polar surface area (TPSA) is 0 Å². The van der Waals surface area contributed by atoms with Crippen molar-refractivity contribution in [2.45, 2.75) is 41.5 Å². The van der Waals surface area contributed by atoms with Gasteiger partial charge >= 0.3 is 0 Å². The van der Waals surface area contributed by atoms with E-state index < -0.39 is 0 Å². The Balaban J connectivity index is 2.13. The molecule has 10 radical (unpaired) electrons. The van der Waals surface area contributed by atoms with Crippen molar-refractivity contribution >= 4 is 0 Å². The van der Waals surface area contributed by atoms with Gasteiger partial charge in [-0.05, 0) is 73.0 Å². The zero-order valence-electron chi connectivity index (χ0n) is 12.5. The van der Waals surface area contributed by atoms with Crippen LogP contribution in [0.3, 0.4) is 0 Å². The Kier molecular flexibility index (Phi) is 4.44. The summed E-state index contributed by atoms with van der Waals surface area (Å²) in [5.41, 5.74) is 0. The van der Waals surface area contributed by atoms with Gasteiger partial charge in [0, 0.05) is 0 Å². The van der Waals surface area contributed by atoms with Crippen molar-refractivity contribution in [3.63, 3.8) is 0 Å². The van der Waals surface area contributed by atoms with Crippen molar-refractivity contribution in [2.24, 2.45) is 11.8 Å². The van der Waals surface area contributed by atoms with Gasteiger partial charge in [-0.25, -0.2) is 0 Å². The van der Waals surface area contributed by atoms with Gasteiger partial charge in [0.05, 0.1) is 0 Å². The molecule has 0 bridgehead atoms. The first-order valence-corrected chi connectivity index (χ1v) is 6.80. The van der Waals surface area contributed by atoms with Crippen LogP contribution in [0, 0.1) is 73.0 Å². The number of rotatable bonds is 1. The standard InChI is InChI=1S/C18H24/c1-11-7-13(3)17(14(4)8-11)18-15(5)9-12(2)10-16(18)6/h7-10,17-18H,1-6H3. The first kappa shape index (κ1) is 14.4. The maximum absolute atomic E-state index is 2.34. The average molecular weight is 240 g/mol. The quantitative estimate of drug-likeness (QED) is 0.627. The summed E-state index contributed by atoms with van der Waals surface area (Å²) >= 11 is 0. The van der Waals surface area contributed by atoms with Crippen LogP contribution in [0.25, 0.3) is 0 Å². The summed E-state index contributed by atoms with van der Waals surface area (Å²) in [4.78, 5) is 0. The summed E-state index contributed by atoms with van der Waals surface area (Å²) in [5.74, 6) is 9.85. The molecule has 2 fully saturated rings. The molecule has 2 saturated carbocycles. The van der Waals surface area contributed by atoms with Crippen molar-refractivity contribution in [3.05, 3.63) is 61.2 Å². The molecule has 0 amide bonds. The van der Waals surface area contributed by atoms with E-state index in [-0.39, 0.29) is 0 Å². The second-order valence-electron chi connectivity index (χ2n) is 6.00. The molecule has 0 atom stereocenters. The zero-order valence-corrected chi connectivity index (χ0v) is 12.5. The molecule has 2 aliphatic rings. The third kappa shape index (κ3) is 2.78. The second kappa shape index (κ2) is 5.55. The van der Waals surface area contributed by atoms with Crippen molar-refractivity contribution in [2.75, 3.05) is 0 Å². The minimum atomic E-state index is 0.550. The Morgan fingerprint density at radius 1 is 0.500 bits per heavy atom. The Labute approximate surface area is 115 Å². The van der Waals surface area contributed by atoms with Gasteiger partial charge in [0.2, 0.25) is 0 Å². The monoisotopic (exact) mass is 240 g/mol. The van der Waals surface area contributed by atoms with Crippen LogP contribution in [0.2, 0.25) is 0 Å². The number of hydrogen-bond acceptors (Lipinski definition) is 0. The first-order valence-electron chi connectivity index (χ1n) is 6.80. The van der Waals surface area contributed by atoms with E-state index in [4.69, 9.17) is 0 Å². The maximum Gasteiger partial charge on any atom is -0.0192 e. The molecule has 2 aliphatic carbocycles. The molecule has 96 valence electrons. The van der Waals surface area contributed by atoms with Crippen LogP contribution in [0.4, 0.5) is 0 Å². The lowest BCUT2D eigenvalue weighted by Gasteiger charge is -2.48. The summed E-state index contributed by atoms with van der Waals surface area (Å²) in [5, 5.41) is 0. The molecule has 0 heteroatoms. The molecule has 0 saturated heterocycles. The Morgan fingerprint density at radius 2 is 0.722 bits per heavy atom. The molecule has 0 aromatic rings. The fraction of sp³-hybridized carbons (Fsp3) is 0.444. The van der Waals surface area contributed by atoms with Gasteiger partial charge in [-0.1, -0.05) is 41.5 Å². The predicted molar refractivity (Wildman–Crippen MR) is 77.7 cm³/mol. The van der Waals surface area contributed by atoms with Crippen molar-refractivity contribution in [3.8, 4) is 0 Å². The highest BCUT2D eigenvalue weighted by molar-refractivity contribution is 5.46. The normalized spacial score (nSPS) is 30.3. The van der Waals surface area contributed by atoms with E-state index in [0.29, 0.717) is 11.8 Å². The highest BCUT2D eigenvalue weighted by atomic mass is 14.5. The van der Waals surface area contributed by atoms with E-state index in [9.17, 15) is 0 Å². The molecule has 18 heavy (non-hydrogen) atoms. The minimum Gasteiger partial charge on any atom is -0.0585 e. The third-order valence-electron chi connectivity index (χ3n) is 4.12. The smallest absolute Gasteiger partial charge is 0.0192 e. The fourth-order valence-corrected chi connectivity index (χ4v) is 3.65. The molecule has 0 aromatic carbocycles. The Hall–Kier alpha value is 0. The van der Waals surface area contributed by atoms with Crippen LogP contribution in [-0.2, 0) is 0 Å². The van der Waals surface area contributed by atoms with Crippen LogP contribution < -0.4 is 0 Å². The van der Waals surface area contributed by atoms with Gasteiger partial charge in [-0.3, -0.25) is 0 Å². The maximum atomic E-state index is 2.34. The molecule has 0 spiro atoms. The first-order chi connectivity index (χ1) is 8.40. The summed E-state index contributed by atoms with van der Waals surface area (Å²) < 4.78 is 0. The Bertz CT molecular complexity index is 217. The summed E-state index contributed by atoms with van der Waals surface area (Å²) in [6.45, 7) is 13.5. The predicted octanol–water partition coefficient (Wildman–Crippen LogP) is 4.63. The van der Waals surface area contributed by atoms with E-state index in [0.717, 1.165) is 0 Å². The van der Waals surface area contributed by atoms with Crippen LogP contribution in [0.1, 0.15) is 41.5 Å². The fourth-order valence-electron chi connectivity index (χ4n) is 3.65. The lowest BCUT2D eigenvalue weighted by Crippen LogP contribution is -2.40. The van der Waals surface area contributed by atoms with E-state index in [1.165, 1.54) is 35.5 Å². The highest BCUT2D eigenvalue weighted by Crippen LogP contribution is 2.53. The molecule has 0 heterocycles. The van der Waals surface area contributed by atoms with Gasteiger partial charge in [0.1, 0.15) is 0 Å². The van der Waals surface area contributed by atoms with Gasteiger partial charge in [0.15, 0.2) is 0 Å². The SMILES string of the molecule is C[C]1[CH][C](C)C(C2[C](C)[CH][C](C)[CH][C]2C)[C](C)[CH]1. The van der Waals surface area contributed by atoms with Gasteiger partial charge < -0.3 is 0 Å². The number of hydrogen-bond donors (Lipinski definition) is 0. The van der Waals surface area contributed by atoms with E-state index in [1.54, 1.807) is 0 Å². The van der Waals surface area contributed by atoms with Crippen LogP contribution in [0.15, 0.2) is 0 Å². The van der Waals surface area contributed by atoms with Gasteiger partial charge in [0.25, 0.3) is 0 Å². The van der Waals surface area contributed by atoms with E-state index in [2.05, 4.69) is 67.2 Å². The minimum absolute atomic E-state index is 0.550. The third-order valence-corrected chi connectivity index (χ3v) is 4.12. The van der Waals surface area contributed by atoms with Crippen molar-refractivity contribution in [1.82, 2.24) is 0 Å². The van der Waals surface area contributed by atoms with Crippen LogP contribution >= 0.6 is 0 Å². The van der Waals surface area contributed by atoms with Crippen molar-refractivity contribution in [1.29, 1.82) is 0 Å². The molecule has 0 nitrogen and oxygen atoms in total. The van der Waals surface area contributed by atoms with E-state index >= 15 is 0 Å². The van der Waals surface area contributed by atoms with Crippen LogP contribution in [-0.4, -0.2) is 0 Å². The van der Waals surface area contributed by atoms with Crippen molar-refractivity contribution < 1.29 is 0 Å². The molecule has 0 N–H and O–H groups in total.